The van der Waals surface area contributed by atoms with E-state index in [0.29, 0.717) is 33.7 Å². The van der Waals surface area contributed by atoms with Gasteiger partial charge < -0.3 is 4.89 Å². The van der Waals surface area contributed by atoms with E-state index in [1.54, 1.807) is 28.4 Å². The van der Waals surface area contributed by atoms with Gasteiger partial charge in [0.15, 0.2) is 29.9 Å². The maximum absolute atomic E-state index is 10.8. The van der Waals surface area contributed by atoms with Crippen LogP contribution in [0.3, 0.4) is 0 Å². The molecule has 21 heavy (non-hydrogen) atoms. The molecule has 0 fully saturated rings. The van der Waals surface area contributed by atoms with Crippen molar-refractivity contribution in [1.82, 2.24) is 8.96 Å². The highest BCUT2D eigenvalue weighted by Crippen LogP contribution is 2.28. The minimum atomic E-state index is 0.355. The number of aromatic nitrogens is 2. The van der Waals surface area contributed by atoms with Crippen LogP contribution in [0.15, 0.2) is 48.8 Å². The van der Waals surface area contributed by atoms with E-state index in [2.05, 4.69) is 4.98 Å². The van der Waals surface area contributed by atoms with Crippen LogP contribution >= 0.6 is 23.8 Å². The minimum Gasteiger partial charge on any atom is -0.324 e. The number of fused-ring (bicyclic) bond motifs is 1. The van der Waals surface area contributed by atoms with Gasteiger partial charge in [-0.15, -0.1) is 0 Å². The zero-order valence-corrected chi connectivity index (χ0v) is 12.2. The second-order valence-corrected chi connectivity index (χ2v) is 5.12. The third-order valence-corrected chi connectivity index (χ3v) is 3.76. The lowest BCUT2D eigenvalue weighted by molar-refractivity contribution is -0.0785. The number of hydrogen-bond donors (Lipinski definition) is 0. The van der Waals surface area contributed by atoms with E-state index in [-0.39, 0.29) is 0 Å². The Balaban J connectivity index is 1.76. The zero-order chi connectivity index (χ0) is 14.7. The number of aldehydes is 1. The molecular formula is C14H9ClN2O3S. The molecule has 0 amide bonds. The smallest absolute Gasteiger partial charge is 0.170 e. The van der Waals surface area contributed by atoms with Crippen LogP contribution in [-0.2, 0) is 4.33 Å². The van der Waals surface area contributed by atoms with E-state index in [9.17, 15) is 4.79 Å². The number of benzene rings is 1. The van der Waals surface area contributed by atoms with Gasteiger partial charge in [0, 0.05) is 17.8 Å². The quantitative estimate of drug-likeness (QED) is 0.308. The number of carbonyl (C=O) groups is 1. The predicted octanol–water partition coefficient (Wildman–Crippen LogP) is 3.92. The number of halogens is 1. The Labute approximate surface area is 129 Å². The summed E-state index contributed by atoms with van der Waals surface area (Å²) in [7, 11) is 0. The molecule has 0 aliphatic rings. The largest absolute Gasteiger partial charge is 0.324 e. The van der Waals surface area contributed by atoms with E-state index < -0.39 is 0 Å². The molecule has 0 saturated carbocycles. The van der Waals surface area contributed by atoms with Crippen molar-refractivity contribution in [3.8, 4) is 5.75 Å². The number of hydrogen-bond acceptors (Lipinski definition) is 5. The molecule has 5 nitrogen and oxygen atoms in total. The first-order chi connectivity index (χ1) is 10.3. The van der Waals surface area contributed by atoms with Crippen LogP contribution in [0.25, 0.3) is 11.0 Å². The molecule has 0 unspecified atom stereocenters. The van der Waals surface area contributed by atoms with Gasteiger partial charge in [0.25, 0.3) is 0 Å². The van der Waals surface area contributed by atoms with Gasteiger partial charge in [-0.2, -0.15) is 0 Å². The van der Waals surface area contributed by atoms with Crippen molar-refractivity contribution in [3.63, 3.8) is 0 Å². The van der Waals surface area contributed by atoms with Crippen molar-refractivity contribution in [3.05, 3.63) is 59.4 Å². The van der Waals surface area contributed by atoms with Gasteiger partial charge in [0.05, 0.1) is 10.6 Å². The fourth-order valence-corrected chi connectivity index (χ4v) is 2.49. The first-order valence-corrected chi connectivity index (χ1v) is 7.04. The molecule has 1 aromatic carbocycles. The lowest BCUT2D eigenvalue weighted by Gasteiger charge is -2.04. The van der Waals surface area contributed by atoms with Crippen LogP contribution < -0.4 is 4.89 Å². The molecule has 0 spiro atoms. The van der Waals surface area contributed by atoms with Crippen LogP contribution in [0.4, 0.5) is 0 Å². The molecule has 0 aliphatic heterocycles. The third-order valence-electron chi connectivity index (χ3n) is 2.75. The highest BCUT2D eigenvalue weighted by Gasteiger charge is 2.11. The van der Waals surface area contributed by atoms with Crippen molar-refractivity contribution in [2.24, 2.45) is 0 Å². The summed E-state index contributed by atoms with van der Waals surface area (Å²) in [6, 6.07) is 10.9. The van der Waals surface area contributed by atoms with Crippen molar-refractivity contribution in [2.75, 3.05) is 0 Å². The van der Waals surface area contributed by atoms with Gasteiger partial charge >= 0.3 is 0 Å². The van der Waals surface area contributed by atoms with Crippen LogP contribution in [0.5, 0.6) is 5.75 Å². The molecule has 0 bridgehead atoms. The fraction of sp³-hybridized carbons (Fsp3) is 0. The molecule has 106 valence electrons. The Morgan fingerprint density at radius 3 is 2.81 bits per heavy atom. The number of carbonyl (C=O) groups excluding carboxylic acids is 1. The minimum absolute atomic E-state index is 0.355. The summed E-state index contributed by atoms with van der Waals surface area (Å²) in [4.78, 5) is 20.1. The normalized spacial score (nSPS) is 10.7. The summed E-state index contributed by atoms with van der Waals surface area (Å²) in [5.74, 6) is 0.593. The lowest BCUT2D eigenvalue weighted by atomic mass is 10.2. The Bertz CT molecular complexity index is 776. The van der Waals surface area contributed by atoms with E-state index in [1.165, 1.54) is 6.20 Å². The maximum atomic E-state index is 10.8. The SMILES string of the molecule is O=Cc1cnc2c(ccn2SOOc2ccccc2)c1Cl. The molecule has 0 N–H and O–H groups in total. The van der Waals surface area contributed by atoms with Gasteiger partial charge in [-0.1, -0.05) is 34.1 Å². The van der Waals surface area contributed by atoms with Gasteiger partial charge in [-0.05, 0) is 18.2 Å². The fourth-order valence-electron chi connectivity index (χ4n) is 1.75. The first kappa shape index (κ1) is 13.9. The monoisotopic (exact) mass is 320 g/mol. The van der Waals surface area contributed by atoms with Crippen molar-refractivity contribution in [1.29, 1.82) is 0 Å². The number of rotatable bonds is 5. The van der Waals surface area contributed by atoms with E-state index in [4.69, 9.17) is 20.8 Å². The van der Waals surface area contributed by atoms with Crippen LogP contribution in [0.2, 0.25) is 5.02 Å². The van der Waals surface area contributed by atoms with Crippen molar-refractivity contribution in [2.45, 2.75) is 0 Å². The topological polar surface area (TPSA) is 53.4 Å². The van der Waals surface area contributed by atoms with Crippen molar-refractivity contribution < 1.29 is 14.0 Å². The Morgan fingerprint density at radius 2 is 2.05 bits per heavy atom. The van der Waals surface area contributed by atoms with E-state index in [1.807, 2.05) is 18.2 Å². The van der Waals surface area contributed by atoms with Gasteiger partial charge in [-0.25, -0.2) is 8.96 Å². The molecular weight excluding hydrogens is 312 g/mol. The van der Waals surface area contributed by atoms with Gasteiger partial charge in [0.1, 0.15) is 0 Å². The molecule has 3 aromatic rings. The Kier molecular flexibility index (Phi) is 4.10. The second-order valence-electron chi connectivity index (χ2n) is 4.06. The summed E-state index contributed by atoms with van der Waals surface area (Å²) in [6.45, 7) is 0. The summed E-state index contributed by atoms with van der Waals surface area (Å²) in [5, 5.41) is 1.05. The van der Waals surface area contributed by atoms with E-state index >= 15 is 0 Å². The molecule has 0 saturated heterocycles. The molecule has 0 radical (unpaired) electrons. The Morgan fingerprint density at radius 1 is 1.24 bits per heavy atom. The molecule has 7 heteroatoms. The summed E-state index contributed by atoms with van der Waals surface area (Å²) >= 11 is 7.08. The predicted molar refractivity (Wildman–Crippen MR) is 81.3 cm³/mol. The molecule has 0 atom stereocenters. The van der Waals surface area contributed by atoms with Gasteiger partial charge in [0.2, 0.25) is 0 Å². The van der Waals surface area contributed by atoms with Crippen LogP contribution in [0, 0.1) is 0 Å². The highest BCUT2D eigenvalue weighted by molar-refractivity contribution is 7.93. The average molecular weight is 321 g/mol. The molecule has 2 aromatic heterocycles. The number of pyridine rings is 1. The standard InChI is InChI=1S/C14H9ClN2O3S/c15-13-10(9-18)8-16-14-12(13)6-7-17(14)21-20-19-11-4-2-1-3-5-11/h1-9H. The lowest BCUT2D eigenvalue weighted by Crippen LogP contribution is -1.95. The second kappa shape index (κ2) is 6.17. The molecule has 2 heterocycles. The third kappa shape index (κ3) is 2.87. The van der Waals surface area contributed by atoms with Crippen LogP contribution in [-0.4, -0.2) is 15.2 Å². The molecule has 0 aliphatic carbocycles. The van der Waals surface area contributed by atoms with Crippen molar-refractivity contribution >= 4 is 41.1 Å². The zero-order valence-electron chi connectivity index (χ0n) is 10.6. The Hall–Kier alpha value is -2.02. The average Bonchev–Trinajstić information content (AvgIpc) is 2.93. The number of nitrogens with zero attached hydrogens (tertiary/aromatic N) is 2. The summed E-state index contributed by atoms with van der Waals surface area (Å²) in [5.41, 5.74) is 0.945. The summed E-state index contributed by atoms with van der Waals surface area (Å²) < 4.78 is 6.75. The van der Waals surface area contributed by atoms with Gasteiger partial charge in [-0.3, -0.25) is 4.79 Å². The molecule has 3 rings (SSSR count). The first-order valence-electron chi connectivity index (χ1n) is 5.97. The summed E-state index contributed by atoms with van der Waals surface area (Å²) in [6.07, 6.45) is 3.83. The van der Waals surface area contributed by atoms with E-state index in [0.717, 1.165) is 12.2 Å². The highest BCUT2D eigenvalue weighted by atomic mass is 35.5. The number of para-hydroxylation sites is 1. The maximum Gasteiger partial charge on any atom is 0.170 e. The van der Waals surface area contributed by atoms with Crippen LogP contribution in [0.1, 0.15) is 10.4 Å².